The standard InChI is InChI=1S/C13H17N3O4S/c1-7(2)9(5-10(17)18)15-11(19)8-6-14-13-16(12(8)20)3-4-21-13/h6-7,9H,3-5H2,1-2H3,(H,15,19)(H,17,18). The van der Waals surface area contributed by atoms with Gasteiger partial charge in [0.15, 0.2) is 5.16 Å². The third-order valence-electron chi connectivity index (χ3n) is 3.32. The number of carbonyl (C=O) groups excluding carboxylic acids is 1. The lowest BCUT2D eigenvalue weighted by Crippen LogP contribution is -2.42. The smallest absolute Gasteiger partial charge is 0.305 e. The average Bonchev–Trinajstić information content (AvgIpc) is 2.86. The molecule has 1 atom stereocenters. The Morgan fingerprint density at radius 1 is 1.52 bits per heavy atom. The molecular formula is C13H17N3O4S. The van der Waals surface area contributed by atoms with Crippen LogP contribution in [0.5, 0.6) is 0 Å². The number of aromatic nitrogens is 2. The second-order valence-electron chi connectivity index (χ2n) is 5.18. The first-order chi connectivity index (χ1) is 9.90. The van der Waals surface area contributed by atoms with Crippen molar-refractivity contribution in [2.24, 2.45) is 5.92 Å². The summed E-state index contributed by atoms with van der Waals surface area (Å²) in [4.78, 5) is 39.3. The van der Waals surface area contributed by atoms with Crippen molar-refractivity contribution in [1.29, 1.82) is 0 Å². The van der Waals surface area contributed by atoms with E-state index in [0.717, 1.165) is 5.75 Å². The highest BCUT2D eigenvalue weighted by atomic mass is 32.2. The Balaban J connectivity index is 2.20. The molecule has 0 bridgehead atoms. The molecule has 1 unspecified atom stereocenters. The summed E-state index contributed by atoms with van der Waals surface area (Å²) >= 11 is 1.47. The molecule has 2 N–H and O–H groups in total. The van der Waals surface area contributed by atoms with Crippen LogP contribution < -0.4 is 10.9 Å². The maximum atomic E-state index is 12.2. The van der Waals surface area contributed by atoms with E-state index in [0.29, 0.717) is 11.7 Å². The topological polar surface area (TPSA) is 101 Å². The van der Waals surface area contributed by atoms with E-state index in [1.54, 1.807) is 0 Å². The van der Waals surface area contributed by atoms with Crippen molar-refractivity contribution in [3.05, 3.63) is 22.1 Å². The molecule has 0 aromatic carbocycles. The zero-order chi connectivity index (χ0) is 15.6. The fraction of sp³-hybridized carbons (Fsp3) is 0.538. The number of nitrogens with one attached hydrogen (secondary N) is 1. The van der Waals surface area contributed by atoms with Crippen LogP contribution in [0.15, 0.2) is 16.1 Å². The maximum absolute atomic E-state index is 12.2. The Kier molecular flexibility index (Phi) is 4.66. The predicted molar refractivity (Wildman–Crippen MR) is 77.6 cm³/mol. The van der Waals surface area contributed by atoms with Crippen molar-refractivity contribution in [2.45, 2.75) is 38.0 Å². The van der Waals surface area contributed by atoms with Crippen LogP contribution in [0.3, 0.4) is 0 Å². The first kappa shape index (κ1) is 15.6. The Morgan fingerprint density at radius 2 is 2.24 bits per heavy atom. The number of aliphatic carboxylic acids is 1. The van der Waals surface area contributed by atoms with Crippen molar-refractivity contribution in [3.63, 3.8) is 0 Å². The van der Waals surface area contributed by atoms with Crippen molar-refractivity contribution in [3.8, 4) is 0 Å². The van der Waals surface area contributed by atoms with Gasteiger partial charge in [0, 0.05) is 24.5 Å². The molecule has 7 nitrogen and oxygen atoms in total. The van der Waals surface area contributed by atoms with E-state index >= 15 is 0 Å². The second kappa shape index (κ2) is 6.30. The minimum atomic E-state index is -0.991. The third-order valence-corrected chi connectivity index (χ3v) is 4.29. The summed E-state index contributed by atoms with van der Waals surface area (Å²) in [5.74, 6) is -0.847. The molecule has 1 aromatic rings. The number of rotatable bonds is 5. The van der Waals surface area contributed by atoms with Crippen LogP contribution in [0.25, 0.3) is 0 Å². The largest absolute Gasteiger partial charge is 0.481 e. The number of hydrogen-bond donors (Lipinski definition) is 2. The molecule has 0 fully saturated rings. The number of hydrogen-bond acceptors (Lipinski definition) is 5. The van der Waals surface area contributed by atoms with E-state index in [1.807, 2.05) is 13.8 Å². The van der Waals surface area contributed by atoms with Gasteiger partial charge < -0.3 is 10.4 Å². The highest BCUT2D eigenvalue weighted by molar-refractivity contribution is 7.99. The van der Waals surface area contributed by atoms with E-state index < -0.39 is 17.9 Å². The molecule has 1 amide bonds. The molecule has 2 heterocycles. The van der Waals surface area contributed by atoms with Crippen molar-refractivity contribution in [1.82, 2.24) is 14.9 Å². The molecule has 21 heavy (non-hydrogen) atoms. The number of carboxylic acid groups (broad SMARTS) is 1. The summed E-state index contributed by atoms with van der Waals surface area (Å²) in [6, 6.07) is -0.526. The fourth-order valence-electron chi connectivity index (χ4n) is 2.06. The quantitative estimate of drug-likeness (QED) is 0.771. The predicted octanol–water partition coefficient (Wildman–Crippen LogP) is 0.578. The van der Waals surface area contributed by atoms with Gasteiger partial charge in [-0.1, -0.05) is 25.6 Å². The Hall–Kier alpha value is -1.83. The van der Waals surface area contributed by atoms with Crippen LogP contribution in [0, 0.1) is 5.92 Å². The van der Waals surface area contributed by atoms with Crippen LogP contribution in [0.2, 0.25) is 0 Å². The maximum Gasteiger partial charge on any atom is 0.305 e. The van der Waals surface area contributed by atoms with Gasteiger partial charge >= 0.3 is 5.97 Å². The summed E-state index contributed by atoms with van der Waals surface area (Å²) in [6.07, 6.45) is 1.08. The zero-order valence-corrected chi connectivity index (χ0v) is 12.6. The molecule has 0 saturated heterocycles. The van der Waals surface area contributed by atoms with Gasteiger partial charge in [0.2, 0.25) is 0 Å². The van der Waals surface area contributed by atoms with E-state index in [4.69, 9.17) is 5.11 Å². The van der Waals surface area contributed by atoms with Crippen molar-refractivity contribution < 1.29 is 14.7 Å². The number of carboxylic acids is 1. The van der Waals surface area contributed by atoms with Gasteiger partial charge in [-0.2, -0.15) is 0 Å². The van der Waals surface area contributed by atoms with E-state index in [1.165, 1.54) is 22.5 Å². The van der Waals surface area contributed by atoms with Crippen molar-refractivity contribution in [2.75, 3.05) is 5.75 Å². The molecule has 1 aliphatic rings. The lowest BCUT2D eigenvalue weighted by atomic mass is 10.0. The second-order valence-corrected chi connectivity index (χ2v) is 6.24. The SMILES string of the molecule is CC(C)C(CC(=O)O)NC(=O)c1cnc2n(c1=O)CCS2. The van der Waals surface area contributed by atoms with Gasteiger partial charge in [-0.3, -0.25) is 19.0 Å². The highest BCUT2D eigenvalue weighted by Crippen LogP contribution is 2.20. The Bertz CT molecular complexity index is 626. The van der Waals surface area contributed by atoms with E-state index in [-0.39, 0.29) is 23.5 Å². The molecule has 0 radical (unpaired) electrons. The van der Waals surface area contributed by atoms with Gasteiger partial charge in [-0.05, 0) is 5.92 Å². The van der Waals surface area contributed by atoms with E-state index in [2.05, 4.69) is 10.3 Å². The minimum absolute atomic E-state index is 0.0442. The average molecular weight is 311 g/mol. The van der Waals surface area contributed by atoms with Crippen LogP contribution in [0.4, 0.5) is 0 Å². The number of thioether (sulfide) groups is 1. The fourth-order valence-corrected chi connectivity index (χ4v) is 2.97. The minimum Gasteiger partial charge on any atom is -0.481 e. The van der Waals surface area contributed by atoms with Gasteiger partial charge in [-0.25, -0.2) is 4.98 Å². The molecule has 8 heteroatoms. The molecule has 114 valence electrons. The van der Waals surface area contributed by atoms with Crippen molar-refractivity contribution >= 4 is 23.6 Å². The lowest BCUT2D eigenvalue weighted by Gasteiger charge is -2.20. The molecule has 0 aliphatic carbocycles. The lowest BCUT2D eigenvalue weighted by molar-refractivity contribution is -0.137. The monoisotopic (exact) mass is 311 g/mol. The van der Waals surface area contributed by atoms with Gasteiger partial charge in [0.1, 0.15) is 5.56 Å². The molecule has 1 aromatic heterocycles. The highest BCUT2D eigenvalue weighted by Gasteiger charge is 2.24. The molecule has 0 spiro atoms. The van der Waals surface area contributed by atoms with Crippen LogP contribution >= 0.6 is 11.8 Å². The molecule has 0 saturated carbocycles. The zero-order valence-electron chi connectivity index (χ0n) is 11.8. The van der Waals surface area contributed by atoms with Gasteiger partial charge in [-0.15, -0.1) is 0 Å². The number of amides is 1. The normalized spacial score (nSPS) is 14.8. The summed E-state index contributed by atoms with van der Waals surface area (Å²) in [5.41, 5.74) is -0.419. The van der Waals surface area contributed by atoms with E-state index in [9.17, 15) is 14.4 Å². The van der Waals surface area contributed by atoms with Crippen LogP contribution in [-0.2, 0) is 11.3 Å². The number of carbonyl (C=O) groups is 2. The summed E-state index contributed by atoms with van der Waals surface area (Å²) < 4.78 is 1.47. The molecule has 1 aliphatic heterocycles. The molecule has 2 rings (SSSR count). The number of nitrogens with zero attached hydrogens (tertiary/aromatic N) is 2. The van der Waals surface area contributed by atoms with Crippen LogP contribution in [0.1, 0.15) is 30.6 Å². The molecular weight excluding hydrogens is 294 g/mol. The Labute approximate surface area is 125 Å². The first-order valence-electron chi connectivity index (χ1n) is 6.65. The first-order valence-corrected chi connectivity index (χ1v) is 7.64. The Morgan fingerprint density at radius 3 is 2.86 bits per heavy atom. The van der Waals surface area contributed by atoms with Gasteiger partial charge in [0.05, 0.1) is 6.42 Å². The number of fused-ring (bicyclic) bond motifs is 1. The summed E-state index contributed by atoms with van der Waals surface area (Å²) in [5, 5.41) is 12.1. The van der Waals surface area contributed by atoms with Crippen LogP contribution in [-0.4, -0.2) is 38.3 Å². The van der Waals surface area contributed by atoms with Gasteiger partial charge in [0.25, 0.3) is 11.5 Å². The summed E-state index contributed by atoms with van der Waals surface area (Å²) in [7, 11) is 0. The summed E-state index contributed by atoms with van der Waals surface area (Å²) in [6.45, 7) is 4.17. The third kappa shape index (κ3) is 3.44.